The van der Waals surface area contributed by atoms with Crippen LogP contribution in [0.4, 0.5) is 0 Å². The zero-order chi connectivity index (χ0) is 14.5. The Morgan fingerprint density at radius 1 is 1.15 bits per heavy atom. The minimum absolute atomic E-state index is 0.0447. The van der Waals surface area contributed by atoms with E-state index in [1.165, 1.54) is 19.2 Å². The van der Waals surface area contributed by atoms with Crippen LogP contribution in [-0.4, -0.2) is 23.2 Å². The van der Waals surface area contributed by atoms with Gasteiger partial charge in [0.15, 0.2) is 11.5 Å². The van der Waals surface area contributed by atoms with E-state index in [4.69, 9.17) is 4.74 Å². The molecule has 0 atom stereocenters. The molecule has 5 nitrogen and oxygen atoms in total. The van der Waals surface area contributed by atoms with Gasteiger partial charge in [-0.05, 0) is 29.8 Å². The van der Waals surface area contributed by atoms with Gasteiger partial charge in [0.05, 0.1) is 12.7 Å². The molecule has 2 rings (SSSR count). The summed E-state index contributed by atoms with van der Waals surface area (Å²) in [4.78, 5) is 11.9. The second-order valence-corrected chi connectivity index (χ2v) is 4.21. The number of carbonyl (C=O) groups is 1. The van der Waals surface area contributed by atoms with E-state index in [0.717, 1.165) is 5.56 Å². The number of methoxy groups -OCH3 is 1. The van der Waals surface area contributed by atoms with E-state index in [-0.39, 0.29) is 29.5 Å². The number of carbonyl (C=O) groups excluding carboxylic acids is 1. The van der Waals surface area contributed by atoms with Gasteiger partial charge in [0.25, 0.3) is 5.91 Å². The molecule has 0 aliphatic rings. The van der Waals surface area contributed by atoms with E-state index in [0.29, 0.717) is 5.75 Å². The molecule has 2 aromatic carbocycles. The van der Waals surface area contributed by atoms with Crippen LogP contribution in [0, 0.1) is 0 Å². The molecule has 0 radical (unpaired) electrons. The van der Waals surface area contributed by atoms with Gasteiger partial charge >= 0.3 is 0 Å². The summed E-state index contributed by atoms with van der Waals surface area (Å²) in [6.45, 7) is 0.268. The van der Waals surface area contributed by atoms with E-state index in [1.807, 2.05) is 0 Å². The predicted octanol–water partition coefficient (Wildman–Crippen LogP) is 2.04. The summed E-state index contributed by atoms with van der Waals surface area (Å²) in [6.07, 6.45) is 0. The van der Waals surface area contributed by atoms with Crippen molar-refractivity contribution in [3.8, 4) is 17.2 Å². The zero-order valence-electron chi connectivity index (χ0n) is 11.0. The van der Waals surface area contributed by atoms with Gasteiger partial charge in [0.2, 0.25) is 0 Å². The number of ether oxygens (including phenoxy) is 1. The third-order valence-electron chi connectivity index (χ3n) is 2.85. The van der Waals surface area contributed by atoms with Crippen LogP contribution < -0.4 is 10.1 Å². The first-order chi connectivity index (χ1) is 9.61. The fourth-order valence-electron chi connectivity index (χ4n) is 1.78. The SMILES string of the molecule is COc1cc(CNC(=O)c2ccccc2O)ccc1O. The van der Waals surface area contributed by atoms with Gasteiger partial charge in [0.1, 0.15) is 5.75 Å². The molecule has 0 heterocycles. The van der Waals surface area contributed by atoms with Crippen LogP contribution in [0.3, 0.4) is 0 Å². The van der Waals surface area contributed by atoms with E-state index >= 15 is 0 Å². The van der Waals surface area contributed by atoms with Crippen molar-refractivity contribution in [2.24, 2.45) is 0 Å². The lowest BCUT2D eigenvalue weighted by Gasteiger charge is -2.09. The van der Waals surface area contributed by atoms with Gasteiger partial charge in [-0.2, -0.15) is 0 Å². The molecule has 0 aliphatic carbocycles. The number of benzene rings is 2. The summed E-state index contributed by atoms with van der Waals surface area (Å²) >= 11 is 0. The third-order valence-corrected chi connectivity index (χ3v) is 2.85. The second kappa shape index (κ2) is 5.97. The topological polar surface area (TPSA) is 78.8 Å². The number of rotatable bonds is 4. The normalized spacial score (nSPS) is 10.1. The molecule has 0 fully saturated rings. The van der Waals surface area contributed by atoms with Gasteiger partial charge < -0.3 is 20.3 Å². The summed E-state index contributed by atoms with van der Waals surface area (Å²) in [5, 5.41) is 21.8. The number of nitrogens with one attached hydrogen (secondary N) is 1. The lowest BCUT2D eigenvalue weighted by atomic mass is 10.1. The number of phenols is 2. The molecule has 20 heavy (non-hydrogen) atoms. The maximum Gasteiger partial charge on any atom is 0.255 e. The fraction of sp³-hybridized carbons (Fsp3) is 0.133. The lowest BCUT2D eigenvalue weighted by molar-refractivity contribution is 0.0948. The van der Waals surface area contributed by atoms with Crippen molar-refractivity contribution in [2.45, 2.75) is 6.54 Å². The number of hydrogen-bond acceptors (Lipinski definition) is 4. The Bertz CT molecular complexity index is 625. The Hall–Kier alpha value is -2.69. The van der Waals surface area contributed by atoms with Crippen LogP contribution in [0.2, 0.25) is 0 Å². The summed E-state index contributed by atoms with van der Waals surface area (Å²) < 4.78 is 4.99. The first-order valence-corrected chi connectivity index (χ1v) is 6.04. The van der Waals surface area contributed by atoms with Gasteiger partial charge in [-0.1, -0.05) is 18.2 Å². The standard InChI is InChI=1S/C15H15NO4/c1-20-14-8-10(6-7-13(14)18)9-16-15(19)11-4-2-3-5-12(11)17/h2-8,17-18H,9H2,1H3,(H,16,19). The third kappa shape index (κ3) is 3.00. The molecule has 0 aromatic heterocycles. The van der Waals surface area contributed by atoms with E-state index in [2.05, 4.69) is 5.32 Å². The van der Waals surface area contributed by atoms with Gasteiger partial charge in [0, 0.05) is 6.54 Å². The molecule has 0 spiro atoms. The van der Waals surface area contributed by atoms with Crippen molar-refractivity contribution >= 4 is 5.91 Å². The molecule has 0 saturated carbocycles. The molecule has 0 unspecified atom stereocenters. The number of phenolic OH excluding ortho intramolecular Hbond substituents is 2. The number of para-hydroxylation sites is 1. The van der Waals surface area contributed by atoms with Crippen LogP contribution in [0.25, 0.3) is 0 Å². The number of aromatic hydroxyl groups is 2. The molecule has 0 aliphatic heterocycles. The van der Waals surface area contributed by atoms with Crippen LogP contribution in [0.5, 0.6) is 17.2 Å². The fourth-order valence-corrected chi connectivity index (χ4v) is 1.78. The van der Waals surface area contributed by atoms with E-state index < -0.39 is 0 Å². The molecule has 0 bridgehead atoms. The average molecular weight is 273 g/mol. The smallest absolute Gasteiger partial charge is 0.255 e. The number of hydrogen-bond donors (Lipinski definition) is 3. The molecular formula is C15H15NO4. The van der Waals surface area contributed by atoms with E-state index in [9.17, 15) is 15.0 Å². The van der Waals surface area contributed by atoms with Crippen LogP contribution in [-0.2, 0) is 6.54 Å². The highest BCUT2D eigenvalue weighted by atomic mass is 16.5. The summed E-state index contributed by atoms with van der Waals surface area (Å²) in [6, 6.07) is 11.2. The molecule has 0 saturated heterocycles. The minimum atomic E-state index is -0.366. The van der Waals surface area contributed by atoms with Crippen LogP contribution >= 0.6 is 0 Å². The summed E-state index contributed by atoms with van der Waals surface area (Å²) in [5.41, 5.74) is 1.00. The molecule has 1 amide bonds. The number of amides is 1. The Kier molecular flexibility index (Phi) is 4.10. The molecular weight excluding hydrogens is 258 g/mol. The molecule has 104 valence electrons. The van der Waals surface area contributed by atoms with Crippen molar-refractivity contribution in [2.75, 3.05) is 7.11 Å². The first-order valence-electron chi connectivity index (χ1n) is 6.04. The molecule has 2 aromatic rings. The zero-order valence-corrected chi connectivity index (χ0v) is 11.0. The highest BCUT2D eigenvalue weighted by Crippen LogP contribution is 2.26. The quantitative estimate of drug-likeness (QED) is 0.796. The lowest BCUT2D eigenvalue weighted by Crippen LogP contribution is -2.22. The highest BCUT2D eigenvalue weighted by molar-refractivity contribution is 5.96. The maximum absolute atomic E-state index is 11.9. The maximum atomic E-state index is 11.9. The van der Waals surface area contributed by atoms with Crippen LogP contribution in [0.15, 0.2) is 42.5 Å². The Morgan fingerprint density at radius 3 is 2.60 bits per heavy atom. The first kappa shape index (κ1) is 13.7. The van der Waals surface area contributed by atoms with Crippen LogP contribution in [0.1, 0.15) is 15.9 Å². The van der Waals surface area contributed by atoms with Crippen molar-refractivity contribution < 1.29 is 19.7 Å². The van der Waals surface area contributed by atoms with Crippen molar-refractivity contribution in [3.05, 3.63) is 53.6 Å². The Balaban J connectivity index is 2.06. The van der Waals surface area contributed by atoms with Gasteiger partial charge in [-0.15, -0.1) is 0 Å². The van der Waals surface area contributed by atoms with E-state index in [1.54, 1.807) is 30.3 Å². The average Bonchev–Trinajstić information content (AvgIpc) is 2.46. The predicted molar refractivity (Wildman–Crippen MR) is 73.9 cm³/mol. The van der Waals surface area contributed by atoms with Crippen molar-refractivity contribution in [3.63, 3.8) is 0 Å². The molecule has 5 heteroatoms. The van der Waals surface area contributed by atoms with Crippen molar-refractivity contribution in [1.29, 1.82) is 0 Å². The summed E-state index contributed by atoms with van der Waals surface area (Å²) in [7, 11) is 1.46. The Morgan fingerprint density at radius 2 is 1.90 bits per heavy atom. The van der Waals surface area contributed by atoms with Crippen molar-refractivity contribution in [1.82, 2.24) is 5.32 Å². The molecule has 3 N–H and O–H groups in total. The van der Waals surface area contributed by atoms with Gasteiger partial charge in [-0.3, -0.25) is 4.79 Å². The monoisotopic (exact) mass is 273 g/mol. The highest BCUT2D eigenvalue weighted by Gasteiger charge is 2.10. The Labute approximate surface area is 116 Å². The minimum Gasteiger partial charge on any atom is -0.507 e. The largest absolute Gasteiger partial charge is 0.507 e. The second-order valence-electron chi connectivity index (χ2n) is 4.21. The van der Waals surface area contributed by atoms with Gasteiger partial charge in [-0.25, -0.2) is 0 Å². The summed E-state index contributed by atoms with van der Waals surface area (Å²) in [5.74, 6) is -0.0361.